The lowest BCUT2D eigenvalue weighted by atomic mass is 10.2. The zero-order chi connectivity index (χ0) is 18.8. The topological polar surface area (TPSA) is 110 Å². The predicted molar refractivity (Wildman–Crippen MR) is 94.6 cm³/mol. The molecule has 26 heavy (non-hydrogen) atoms. The standard InChI is InChI=1S/C18H21N3O5/c1-2-9-19-18(24)21-16(22)12-26-17(23)14-7-3-4-8-15(14)20-11-13-6-5-10-25-13/h3-8,10,20H,2,9,11-12H2,1H3,(H2,19,21,22,24). The van der Waals surface area contributed by atoms with Crippen LogP contribution in [0.25, 0.3) is 0 Å². The summed E-state index contributed by atoms with van der Waals surface area (Å²) in [5.41, 5.74) is 0.831. The van der Waals surface area contributed by atoms with Gasteiger partial charge in [-0.1, -0.05) is 19.1 Å². The summed E-state index contributed by atoms with van der Waals surface area (Å²) in [4.78, 5) is 35.2. The zero-order valence-corrected chi connectivity index (χ0v) is 14.4. The van der Waals surface area contributed by atoms with Crippen LogP contribution in [0.3, 0.4) is 0 Å². The highest BCUT2D eigenvalue weighted by Crippen LogP contribution is 2.17. The Morgan fingerprint density at radius 3 is 2.65 bits per heavy atom. The van der Waals surface area contributed by atoms with Crippen LogP contribution in [0.1, 0.15) is 29.5 Å². The third kappa shape index (κ3) is 5.97. The normalized spacial score (nSPS) is 10.0. The highest BCUT2D eigenvalue weighted by atomic mass is 16.5. The van der Waals surface area contributed by atoms with E-state index in [1.54, 1.807) is 36.6 Å². The number of ether oxygens (including phenoxy) is 1. The van der Waals surface area contributed by atoms with Crippen molar-refractivity contribution in [1.29, 1.82) is 0 Å². The first-order valence-corrected chi connectivity index (χ1v) is 8.20. The number of carbonyl (C=O) groups is 3. The maximum absolute atomic E-state index is 12.2. The van der Waals surface area contributed by atoms with Gasteiger partial charge in [0.2, 0.25) is 0 Å². The van der Waals surface area contributed by atoms with Gasteiger partial charge in [0, 0.05) is 12.2 Å². The molecule has 0 aliphatic rings. The zero-order valence-electron chi connectivity index (χ0n) is 14.4. The minimum Gasteiger partial charge on any atom is -0.467 e. The summed E-state index contributed by atoms with van der Waals surface area (Å²) in [7, 11) is 0. The van der Waals surface area contributed by atoms with Gasteiger partial charge in [0.25, 0.3) is 5.91 Å². The van der Waals surface area contributed by atoms with Crippen LogP contribution < -0.4 is 16.0 Å². The fourth-order valence-electron chi connectivity index (χ4n) is 2.07. The highest BCUT2D eigenvalue weighted by Gasteiger charge is 2.15. The lowest BCUT2D eigenvalue weighted by Crippen LogP contribution is -2.41. The second-order valence-electron chi connectivity index (χ2n) is 5.36. The Morgan fingerprint density at radius 2 is 1.92 bits per heavy atom. The molecule has 1 heterocycles. The highest BCUT2D eigenvalue weighted by molar-refractivity contribution is 5.99. The molecular weight excluding hydrogens is 338 g/mol. The molecule has 2 aromatic rings. The van der Waals surface area contributed by atoms with Crippen molar-refractivity contribution in [3.8, 4) is 0 Å². The molecule has 8 nitrogen and oxygen atoms in total. The van der Waals surface area contributed by atoms with Crippen LogP contribution >= 0.6 is 0 Å². The molecule has 1 aromatic carbocycles. The number of esters is 1. The van der Waals surface area contributed by atoms with E-state index < -0.39 is 24.5 Å². The number of imide groups is 1. The van der Waals surface area contributed by atoms with Gasteiger partial charge in [-0.15, -0.1) is 0 Å². The van der Waals surface area contributed by atoms with Crippen LogP contribution in [0.4, 0.5) is 10.5 Å². The number of amides is 3. The van der Waals surface area contributed by atoms with E-state index in [1.807, 2.05) is 13.0 Å². The van der Waals surface area contributed by atoms with Gasteiger partial charge in [-0.25, -0.2) is 9.59 Å². The van der Waals surface area contributed by atoms with Gasteiger partial charge in [0.05, 0.1) is 18.4 Å². The second kappa shape index (κ2) is 9.87. The molecule has 0 atom stereocenters. The maximum atomic E-state index is 12.2. The largest absolute Gasteiger partial charge is 0.467 e. The van der Waals surface area contributed by atoms with Crippen molar-refractivity contribution in [2.45, 2.75) is 19.9 Å². The number of para-hydroxylation sites is 1. The average molecular weight is 359 g/mol. The maximum Gasteiger partial charge on any atom is 0.340 e. The van der Waals surface area contributed by atoms with E-state index in [-0.39, 0.29) is 5.56 Å². The van der Waals surface area contributed by atoms with E-state index >= 15 is 0 Å². The Hall–Kier alpha value is -3.29. The van der Waals surface area contributed by atoms with Gasteiger partial charge in [-0.05, 0) is 30.7 Å². The lowest BCUT2D eigenvalue weighted by Gasteiger charge is -2.11. The number of benzene rings is 1. The molecule has 0 bridgehead atoms. The van der Waals surface area contributed by atoms with Crippen LogP contribution in [0.15, 0.2) is 47.1 Å². The third-order valence-corrected chi connectivity index (χ3v) is 3.30. The van der Waals surface area contributed by atoms with Crippen LogP contribution in [0.5, 0.6) is 0 Å². The average Bonchev–Trinajstić information content (AvgIpc) is 3.16. The third-order valence-electron chi connectivity index (χ3n) is 3.30. The quantitative estimate of drug-likeness (QED) is 0.624. The minimum atomic E-state index is -0.701. The van der Waals surface area contributed by atoms with Crippen molar-refractivity contribution in [2.24, 2.45) is 0 Å². The van der Waals surface area contributed by atoms with E-state index in [0.29, 0.717) is 24.5 Å². The number of nitrogens with one attached hydrogen (secondary N) is 3. The second-order valence-corrected chi connectivity index (χ2v) is 5.36. The Labute approximate surface area is 150 Å². The van der Waals surface area contributed by atoms with Gasteiger partial charge in [0.15, 0.2) is 6.61 Å². The molecule has 0 radical (unpaired) electrons. The van der Waals surface area contributed by atoms with Crippen molar-refractivity contribution in [3.05, 3.63) is 54.0 Å². The molecule has 0 aliphatic heterocycles. The molecule has 3 amide bonds. The molecule has 0 unspecified atom stereocenters. The van der Waals surface area contributed by atoms with Crippen molar-refractivity contribution in [3.63, 3.8) is 0 Å². The number of hydrogen-bond donors (Lipinski definition) is 3. The molecule has 1 aromatic heterocycles. The summed E-state index contributed by atoms with van der Waals surface area (Å²) < 4.78 is 10.2. The SMILES string of the molecule is CCCNC(=O)NC(=O)COC(=O)c1ccccc1NCc1ccco1. The number of anilines is 1. The van der Waals surface area contributed by atoms with E-state index in [2.05, 4.69) is 16.0 Å². The molecule has 138 valence electrons. The number of urea groups is 1. The summed E-state index contributed by atoms with van der Waals surface area (Å²) in [5.74, 6) is -0.657. The molecule has 3 N–H and O–H groups in total. The van der Waals surface area contributed by atoms with Gasteiger partial charge in [0.1, 0.15) is 5.76 Å². The van der Waals surface area contributed by atoms with Crippen molar-refractivity contribution < 1.29 is 23.5 Å². The molecule has 0 fully saturated rings. The molecule has 0 spiro atoms. The molecule has 8 heteroatoms. The Bertz CT molecular complexity index is 743. The van der Waals surface area contributed by atoms with Gasteiger partial charge in [-0.3, -0.25) is 10.1 Å². The summed E-state index contributed by atoms with van der Waals surface area (Å²) in [6.07, 6.45) is 2.31. The summed E-state index contributed by atoms with van der Waals surface area (Å²) in [5, 5.41) is 7.66. The Kier molecular flexibility index (Phi) is 7.23. The summed E-state index contributed by atoms with van der Waals surface area (Å²) in [6.45, 7) is 2.19. The molecule has 0 saturated carbocycles. The van der Waals surface area contributed by atoms with Gasteiger partial charge < -0.3 is 19.8 Å². The van der Waals surface area contributed by atoms with Crippen LogP contribution in [0.2, 0.25) is 0 Å². The molecule has 0 aliphatic carbocycles. The van der Waals surface area contributed by atoms with Crippen molar-refractivity contribution in [2.75, 3.05) is 18.5 Å². The minimum absolute atomic E-state index is 0.280. The van der Waals surface area contributed by atoms with Gasteiger partial charge in [-0.2, -0.15) is 0 Å². The number of carbonyl (C=O) groups excluding carboxylic acids is 3. The van der Waals surface area contributed by atoms with Crippen LogP contribution in [0, 0.1) is 0 Å². The summed E-state index contributed by atoms with van der Waals surface area (Å²) >= 11 is 0. The van der Waals surface area contributed by atoms with Crippen molar-refractivity contribution in [1.82, 2.24) is 10.6 Å². The van der Waals surface area contributed by atoms with E-state index in [4.69, 9.17) is 9.15 Å². The molecule has 0 saturated heterocycles. The number of hydrogen-bond acceptors (Lipinski definition) is 6. The van der Waals surface area contributed by atoms with E-state index in [0.717, 1.165) is 6.42 Å². The Balaban J connectivity index is 1.86. The summed E-state index contributed by atoms with van der Waals surface area (Å²) in [6, 6.07) is 9.72. The predicted octanol–water partition coefficient (Wildman–Crippen LogP) is 2.28. The van der Waals surface area contributed by atoms with E-state index in [1.165, 1.54) is 0 Å². The first-order chi connectivity index (χ1) is 12.6. The monoisotopic (exact) mass is 359 g/mol. The van der Waals surface area contributed by atoms with Crippen LogP contribution in [-0.2, 0) is 16.1 Å². The van der Waals surface area contributed by atoms with Gasteiger partial charge >= 0.3 is 12.0 Å². The first-order valence-electron chi connectivity index (χ1n) is 8.20. The van der Waals surface area contributed by atoms with Crippen molar-refractivity contribution >= 4 is 23.6 Å². The fourth-order valence-corrected chi connectivity index (χ4v) is 2.07. The Morgan fingerprint density at radius 1 is 1.12 bits per heavy atom. The smallest absolute Gasteiger partial charge is 0.340 e. The van der Waals surface area contributed by atoms with Crippen LogP contribution in [-0.4, -0.2) is 31.1 Å². The first kappa shape index (κ1) is 19.0. The molecule has 2 rings (SSSR count). The number of rotatable bonds is 8. The lowest BCUT2D eigenvalue weighted by molar-refractivity contribution is -0.123. The molecular formula is C18H21N3O5. The van der Waals surface area contributed by atoms with E-state index in [9.17, 15) is 14.4 Å². The number of furan rings is 1. The fraction of sp³-hybridized carbons (Fsp3) is 0.278.